The fourth-order valence-corrected chi connectivity index (χ4v) is 10.9. The molecule has 2 amide bonds. The van der Waals surface area contributed by atoms with Gasteiger partial charge in [-0.15, -0.1) is 0 Å². The maximum atomic E-state index is 13.3. The molecular weight excluding hydrogens is 512 g/mol. The van der Waals surface area contributed by atoms with Gasteiger partial charge in [0, 0.05) is 26.1 Å². The van der Waals surface area contributed by atoms with Crippen molar-refractivity contribution in [2.24, 2.45) is 51.8 Å². The van der Waals surface area contributed by atoms with Crippen molar-refractivity contribution in [2.45, 2.75) is 137 Å². The number of hydrogen-bond acceptors (Lipinski definition) is 4. The second kappa shape index (κ2) is 11.4. The third kappa shape index (κ3) is 5.99. The summed E-state index contributed by atoms with van der Waals surface area (Å²) in [4.78, 5) is 27.4. The minimum Gasteiger partial charge on any atom is -0.393 e. The molecule has 1 heterocycles. The number of likely N-dealkylation sites (tertiary alicyclic amines) is 1. The fourth-order valence-electron chi connectivity index (χ4n) is 10.9. The van der Waals surface area contributed by atoms with Crippen molar-refractivity contribution in [3.05, 3.63) is 0 Å². The monoisotopic (exact) mass is 572 g/mol. The van der Waals surface area contributed by atoms with Gasteiger partial charge in [-0.25, -0.2) is 0 Å². The highest BCUT2D eigenvalue weighted by Gasteiger charge is 2.60. The van der Waals surface area contributed by atoms with Crippen molar-refractivity contribution in [3.63, 3.8) is 0 Å². The van der Waals surface area contributed by atoms with Crippen molar-refractivity contribution >= 4 is 11.8 Å². The van der Waals surface area contributed by atoms with Crippen LogP contribution in [0.2, 0.25) is 0 Å². The van der Waals surface area contributed by atoms with Crippen LogP contribution in [0.3, 0.4) is 0 Å². The average Bonchev–Trinajstić information content (AvgIpc) is 3.28. The Hall–Kier alpha value is -1.14. The van der Waals surface area contributed by atoms with Crippen LogP contribution in [0, 0.1) is 51.8 Å². The van der Waals surface area contributed by atoms with Gasteiger partial charge >= 0.3 is 0 Å². The van der Waals surface area contributed by atoms with Gasteiger partial charge in [-0.1, -0.05) is 27.7 Å². The van der Waals surface area contributed by atoms with Crippen molar-refractivity contribution in [1.29, 1.82) is 0 Å². The molecule has 41 heavy (non-hydrogen) atoms. The molecule has 6 heteroatoms. The largest absolute Gasteiger partial charge is 0.393 e. The number of amides is 2. The molecular formula is C35H60N2O4. The second-order valence-corrected chi connectivity index (χ2v) is 16.8. The van der Waals surface area contributed by atoms with E-state index < -0.39 is 5.60 Å². The van der Waals surface area contributed by atoms with Crippen molar-refractivity contribution in [1.82, 2.24) is 10.2 Å². The molecule has 0 bridgehead atoms. The van der Waals surface area contributed by atoms with Gasteiger partial charge < -0.3 is 20.4 Å². The van der Waals surface area contributed by atoms with Crippen molar-refractivity contribution in [2.75, 3.05) is 19.6 Å². The molecule has 4 saturated carbocycles. The molecule has 5 rings (SSSR count). The molecule has 1 saturated heterocycles. The lowest BCUT2D eigenvalue weighted by atomic mass is 9.44. The quantitative estimate of drug-likeness (QED) is 0.352. The van der Waals surface area contributed by atoms with E-state index in [4.69, 9.17) is 0 Å². The summed E-state index contributed by atoms with van der Waals surface area (Å²) in [6, 6.07) is 0. The van der Waals surface area contributed by atoms with E-state index in [2.05, 4.69) is 37.9 Å². The Balaban J connectivity index is 1.11. The third-order valence-corrected chi connectivity index (χ3v) is 13.8. The van der Waals surface area contributed by atoms with E-state index in [0.717, 1.165) is 74.8 Å². The first-order valence-electron chi connectivity index (χ1n) is 17.1. The lowest BCUT2D eigenvalue weighted by molar-refractivity contribution is -0.138. The van der Waals surface area contributed by atoms with E-state index in [0.29, 0.717) is 35.6 Å². The minimum absolute atomic E-state index is 0.0368. The number of carbonyl (C=O) groups excluding carboxylic acids is 2. The van der Waals surface area contributed by atoms with Crippen LogP contribution in [0.4, 0.5) is 0 Å². The third-order valence-electron chi connectivity index (χ3n) is 13.8. The van der Waals surface area contributed by atoms with E-state index in [1.165, 1.54) is 58.8 Å². The molecule has 3 N–H and O–H groups in total. The lowest BCUT2D eigenvalue weighted by Gasteiger charge is -2.61. The molecule has 4 aliphatic carbocycles. The molecule has 0 radical (unpaired) electrons. The molecule has 234 valence electrons. The summed E-state index contributed by atoms with van der Waals surface area (Å²) in [6.07, 6.45) is 14.7. The zero-order valence-electron chi connectivity index (χ0n) is 27.0. The van der Waals surface area contributed by atoms with Crippen molar-refractivity contribution in [3.8, 4) is 0 Å². The Morgan fingerprint density at radius 1 is 0.927 bits per heavy atom. The van der Waals surface area contributed by atoms with Gasteiger partial charge in [0.15, 0.2) is 0 Å². The number of carbonyl (C=O) groups is 2. The van der Waals surface area contributed by atoms with Crippen LogP contribution in [-0.4, -0.2) is 58.3 Å². The molecule has 0 unspecified atom stereocenters. The minimum atomic E-state index is -1.36. The molecule has 5 aliphatic rings. The van der Waals surface area contributed by atoms with Crippen LogP contribution in [0.25, 0.3) is 0 Å². The Bertz CT molecular complexity index is 968. The Kier molecular flexibility index (Phi) is 8.71. The highest BCUT2D eigenvalue weighted by Crippen LogP contribution is 2.68. The molecule has 9 atom stereocenters. The first-order valence-corrected chi connectivity index (χ1v) is 17.1. The zero-order valence-corrected chi connectivity index (χ0v) is 27.0. The van der Waals surface area contributed by atoms with E-state index in [1.807, 2.05) is 0 Å². The van der Waals surface area contributed by atoms with Crippen LogP contribution in [0.15, 0.2) is 0 Å². The summed E-state index contributed by atoms with van der Waals surface area (Å²) in [6.45, 7) is 14.9. The first kappa shape index (κ1) is 31.3. The maximum absolute atomic E-state index is 13.3. The highest BCUT2D eigenvalue weighted by atomic mass is 16.3. The normalized spacial score (nSPS) is 41.1. The molecule has 0 aromatic carbocycles. The topological polar surface area (TPSA) is 89.9 Å². The number of aliphatic hydroxyl groups excluding tert-OH is 1. The Morgan fingerprint density at radius 3 is 2.27 bits per heavy atom. The molecule has 0 aromatic rings. The second-order valence-electron chi connectivity index (χ2n) is 16.8. The summed E-state index contributed by atoms with van der Waals surface area (Å²) in [5.41, 5.74) is -0.547. The van der Waals surface area contributed by atoms with Crippen LogP contribution in [0.5, 0.6) is 0 Å². The standard InChI is InChI=1S/C35H60N2O4/c1-23(7-12-30(39)37-19-17-33(4,18-20-37)22-36-31(40)32(2,3)41)27-10-11-28-26-9-8-24-21-25(38)13-15-34(24,5)29(26)14-16-35(27,28)6/h23-29,38,41H,7-22H2,1-6H3,(H,36,40)/t23-,24+,25+,26+,27-,28+,29+,34+,35-/m1/s1. The van der Waals surface area contributed by atoms with Gasteiger partial charge in [0.1, 0.15) is 5.60 Å². The molecule has 6 nitrogen and oxygen atoms in total. The number of fused-ring (bicyclic) bond motifs is 5. The smallest absolute Gasteiger partial charge is 0.251 e. The van der Waals surface area contributed by atoms with Crippen molar-refractivity contribution < 1.29 is 19.8 Å². The Labute approximate surface area is 249 Å². The highest BCUT2D eigenvalue weighted by molar-refractivity contribution is 5.83. The van der Waals surface area contributed by atoms with E-state index >= 15 is 0 Å². The van der Waals surface area contributed by atoms with Gasteiger partial charge in [-0.3, -0.25) is 9.59 Å². The Morgan fingerprint density at radius 2 is 1.59 bits per heavy atom. The SMILES string of the molecule is C[C@H](CCC(=O)N1CCC(C)(CNC(=O)C(C)(C)O)CC1)[C@H]1CC[C@H]2[C@@H]3CC[C@H]4C[C@@H](O)CC[C@]4(C)[C@H]3CC[C@]12C. The number of rotatable bonds is 7. The number of hydrogen-bond donors (Lipinski definition) is 3. The summed E-state index contributed by atoms with van der Waals surface area (Å²) < 4.78 is 0. The summed E-state index contributed by atoms with van der Waals surface area (Å²) in [5, 5.41) is 23.2. The van der Waals surface area contributed by atoms with Crippen LogP contribution >= 0.6 is 0 Å². The van der Waals surface area contributed by atoms with Crippen LogP contribution < -0.4 is 5.32 Å². The molecule has 0 spiro atoms. The van der Waals surface area contributed by atoms with Gasteiger partial charge in [-0.05, 0) is 143 Å². The first-order chi connectivity index (χ1) is 19.2. The predicted molar refractivity (Wildman–Crippen MR) is 163 cm³/mol. The average molecular weight is 573 g/mol. The van der Waals surface area contributed by atoms with E-state index in [9.17, 15) is 19.8 Å². The lowest BCUT2D eigenvalue weighted by Crippen LogP contribution is -2.54. The maximum Gasteiger partial charge on any atom is 0.251 e. The molecule has 1 aliphatic heterocycles. The van der Waals surface area contributed by atoms with E-state index in [-0.39, 0.29) is 17.4 Å². The number of aliphatic hydroxyl groups is 2. The number of piperidine rings is 1. The number of nitrogens with zero attached hydrogens (tertiary/aromatic N) is 1. The van der Waals surface area contributed by atoms with E-state index in [1.54, 1.807) is 0 Å². The van der Waals surface area contributed by atoms with Gasteiger partial charge in [-0.2, -0.15) is 0 Å². The van der Waals surface area contributed by atoms with Crippen LogP contribution in [0.1, 0.15) is 125 Å². The summed E-state index contributed by atoms with van der Waals surface area (Å²) in [5.74, 6) is 4.53. The summed E-state index contributed by atoms with van der Waals surface area (Å²) in [7, 11) is 0. The zero-order chi connectivity index (χ0) is 29.8. The fraction of sp³-hybridized carbons (Fsp3) is 0.943. The predicted octanol–water partition coefficient (Wildman–Crippen LogP) is 5.94. The molecule has 0 aromatic heterocycles. The summed E-state index contributed by atoms with van der Waals surface area (Å²) >= 11 is 0. The number of nitrogens with one attached hydrogen (secondary N) is 1. The van der Waals surface area contributed by atoms with Crippen LogP contribution in [-0.2, 0) is 9.59 Å². The van der Waals surface area contributed by atoms with Gasteiger partial charge in [0.2, 0.25) is 5.91 Å². The molecule has 5 fully saturated rings. The van der Waals surface area contributed by atoms with Gasteiger partial charge in [0.25, 0.3) is 5.91 Å². The van der Waals surface area contributed by atoms with Gasteiger partial charge in [0.05, 0.1) is 6.10 Å².